The molecule has 1 aromatic carbocycles. The van der Waals surface area contributed by atoms with Crippen LogP contribution in [-0.4, -0.2) is 17.7 Å². The maximum Gasteiger partial charge on any atom is 0.412 e. The van der Waals surface area contributed by atoms with Gasteiger partial charge in [-0.05, 0) is 12.1 Å². The molecule has 1 amide bonds. The monoisotopic (exact) mass is 290 g/mol. The molecule has 0 saturated heterocycles. The molecule has 0 unspecified atom stereocenters. The lowest BCUT2D eigenvalue weighted by Gasteiger charge is -2.16. The van der Waals surface area contributed by atoms with Gasteiger partial charge in [0.1, 0.15) is 6.54 Å². The maximum absolute atomic E-state index is 13.3. The summed E-state index contributed by atoms with van der Waals surface area (Å²) < 4.78 is 26.5. The molecule has 4 nitrogen and oxygen atoms in total. The molecule has 1 N–H and O–H groups in total. The van der Waals surface area contributed by atoms with Crippen LogP contribution in [0.2, 0.25) is 0 Å². The fourth-order valence-electron chi connectivity index (χ4n) is 1.07. The first-order chi connectivity index (χ1) is 7.47. The first-order valence-electron chi connectivity index (χ1n) is 3.99. The largest absolute Gasteiger partial charge is 0.465 e. The summed E-state index contributed by atoms with van der Waals surface area (Å²) in [5, 5.41) is 17.1. The van der Waals surface area contributed by atoms with Gasteiger partial charge < -0.3 is 5.11 Å². The maximum atomic E-state index is 13.3. The highest BCUT2D eigenvalue weighted by atomic mass is 79.9. The van der Waals surface area contributed by atoms with Gasteiger partial charge in [-0.15, -0.1) is 0 Å². The van der Waals surface area contributed by atoms with E-state index in [-0.39, 0.29) is 4.47 Å². The Bertz CT molecular complexity index is 473. The molecule has 0 aliphatic heterocycles. The van der Waals surface area contributed by atoms with Crippen molar-refractivity contribution in [3.05, 3.63) is 28.2 Å². The van der Waals surface area contributed by atoms with Crippen molar-refractivity contribution < 1.29 is 18.7 Å². The van der Waals surface area contributed by atoms with E-state index in [1.165, 1.54) is 0 Å². The van der Waals surface area contributed by atoms with E-state index >= 15 is 0 Å². The number of nitriles is 1. The number of carboxylic acid groups (broad SMARTS) is 1. The second-order valence-corrected chi connectivity index (χ2v) is 3.66. The molecule has 0 fully saturated rings. The van der Waals surface area contributed by atoms with Gasteiger partial charge in [-0.2, -0.15) is 5.26 Å². The van der Waals surface area contributed by atoms with E-state index < -0.39 is 30.0 Å². The Morgan fingerprint density at radius 1 is 1.56 bits per heavy atom. The summed E-state index contributed by atoms with van der Waals surface area (Å²) in [6, 6.07) is 3.51. The zero-order chi connectivity index (χ0) is 12.3. The van der Waals surface area contributed by atoms with Gasteiger partial charge in [0.25, 0.3) is 0 Å². The molecule has 0 radical (unpaired) electrons. The molecule has 1 rings (SSSR count). The summed E-state index contributed by atoms with van der Waals surface area (Å²) in [6.45, 7) is -0.581. The van der Waals surface area contributed by atoms with Crippen molar-refractivity contribution in [3.8, 4) is 6.07 Å². The number of hydrogen-bond acceptors (Lipinski definition) is 2. The normalized spacial score (nSPS) is 9.62. The molecule has 0 aromatic heterocycles. The van der Waals surface area contributed by atoms with E-state index in [0.29, 0.717) is 4.90 Å². The van der Waals surface area contributed by atoms with E-state index in [1.807, 2.05) is 0 Å². The number of benzene rings is 1. The van der Waals surface area contributed by atoms with Crippen LogP contribution in [-0.2, 0) is 0 Å². The molecule has 0 aliphatic rings. The molecule has 0 bridgehead atoms. The SMILES string of the molecule is N#CCN(C(=O)O)c1cc(Br)cc(F)c1F. The lowest BCUT2D eigenvalue weighted by atomic mass is 10.2. The fourth-order valence-corrected chi connectivity index (χ4v) is 1.48. The molecule has 0 saturated carbocycles. The van der Waals surface area contributed by atoms with Crippen molar-refractivity contribution in [2.24, 2.45) is 0 Å². The number of nitrogens with zero attached hydrogens (tertiary/aromatic N) is 2. The number of anilines is 1. The molecule has 1 aromatic rings. The Hall–Kier alpha value is -1.68. The topological polar surface area (TPSA) is 64.3 Å². The predicted octanol–water partition coefficient (Wildman–Crippen LogP) is 2.74. The summed E-state index contributed by atoms with van der Waals surface area (Å²) in [6.07, 6.45) is -1.53. The van der Waals surface area contributed by atoms with Gasteiger partial charge in [0.2, 0.25) is 0 Å². The average Bonchev–Trinajstić information content (AvgIpc) is 2.20. The van der Waals surface area contributed by atoms with Crippen LogP contribution in [0.15, 0.2) is 16.6 Å². The molecule has 16 heavy (non-hydrogen) atoms. The van der Waals surface area contributed by atoms with Crippen LogP contribution < -0.4 is 4.90 Å². The fraction of sp³-hybridized carbons (Fsp3) is 0.111. The van der Waals surface area contributed by atoms with Crippen molar-refractivity contribution in [2.75, 3.05) is 11.4 Å². The predicted molar refractivity (Wildman–Crippen MR) is 55.0 cm³/mol. The number of hydrogen-bond donors (Lipinski definition) is 1. The molecule has 0 atom stereocenters. The summed E-state index contributed by atoms with van der Waals surface area (Å²) in [4.78, 5) is 11.2. The van der Waals surface area contributed by atoms with E-state index in [0.717, 1.165) is 12.1 Å². The van der Waals surface area contributed by atoms with Gasteiger partial charge in [0, 0.05) is 4.47 Å². The minimum atomic E-state index is -1.53. The lowest BCUT2D eigenvalue weighted by Crippen LogP contribution is -2.30. The minimum Gasteiger partial charge on any atom is -0.465 e. The van der Waals surface area contributed by atoms with E-state index in [1.54, 1.807) is 6.07 Å². The van der Waals surface area contributed by atoms with Crippen LogP contribution in [0.3, 0.4) is 0 Å². The summed E-state index contributed by atoms with van der Waals surface area (Å²) in [5.74, 6) is -2.49. The van der Waals surface area contributed by atoms with Crippen LogP contribution in [0.5, 0.6) is 0 Å². The summed E-state index contributed by atoms with van der Waals surface area (Å²) >= 11 is 2.91. The van der Waals surface area contributed by atoms with Gasteiger partial charge in [-0.25, -0.2) is 13.6 Å². The lowest BCUT2D eigenvalue weighted by molar-refractivity contribution is 0.202. The zero-order valence-electron chi connectivity index (χ0n) is 7.75. The number of rotatable bonds is 2. The van der Waals surface area contributed by atoms with Crippen LogP contribution in [0, 0.1) is 23.0 Å². The molecule has 0 heterocycles. The van der Waals surface area contributed by atoms with Crippen molar-refractivity contribution in [3.63, 3.8) is 0 Å². The van der Waals surface area contributed by atoms with Gasteiger partial charge >= 0.3 is 6.09 Å². The Morgan fingerprint density at radius 2 is 2.19 bits per heavy atom. The Kier molecular flexibility index (Phi) is 3.79. The standard InChI is InChI=1S/C9H5BrF2N2O2/c10-5-3-6(11)8(12)7(4-5)14(2-1-13)9(15)16/h3-4H,2H2,(H,15,16). The third kappa shape index (κ3) is 2.46. The highest BCUT2D eigenvalue weighted by Gasteiger charge is 2.21. The Balaban J connectivity index is 3.29. The highest BCUT2D eigenvalue weighted by molar-refractivity contribution is 9.10. The van der Waals surface area contributed by atoms with Gasteiger partial charge in [0.15, 0.2) is 11.6 Å². The number of carbonyl (C=O) groups is 1. The van der Waals surface area contributed by atoms with Crippen LogP contribution >= 0.6 is 15.9 Å². The molecule has 0 spiro atoms. The smallest absolute Gasteiger partial charge is 0.412 e. The third-order valence-electron chi connectivity index (χ3n) is 1.72. The minimum absolute atomic E-state index is 0.186. The first kappa shape index (κ1) is 12.4. The van der Waals surface area contributed by atoms with Crippen LogP contribution in [0.1, 0.15) is 0 Å². The molecule has 0 aliphatic carbocycles. The van der Waals surface area contributed by atoms with Crippen molar-refractivity contribution in [1.82, 2.24) is 0 Å². The van der Waals surface area contributed by atoms with E-state index in [4.69, 9.17) is 10.4 Å². The summed E-state index contributed by atoms with van der Waals surface area (Å²) in [7, 11) is 0. The average molecular weight is 291 g/mol. The first-order valence-corrected chi connectivity index (χ1v) is 4.78. The van der Waals surface area contributed by atoms with E-state index in [2.05, 4.69) is 15.9 Å². The number of halogens is 3. The molecular formula is C9H5BrF2N2O2. The highest BCUT2D eigenvalue weighted by Crippen LogP contribution is 2.26. The van der Waals surface area contributed by atoms with Crippen molar-refractivity contribution in [1.29, 1.82) is 5.26 Å². The van der Waals surface area contributed by atoms with Crippen LogP contribution in [0.25, 0.3) is 0 Å². The third-order valence-corrected chi connectivity index (χ3v) is 2.18. The zero-order valence-corrected chi connectivity index (χ0v) is 9.33. The van der Waals surface area contributed by atoms with Gasteiger partial charge in [0.05, 0.1) is 11.8 Å². The van der Waals surface area contributed by atoms with Crippen molar-refractivity contribution >= 4 is 27.7 Å². The van der Waals surface area contributed by atoms with Gasteiger partial charge in [-0.1, -0.05) is 15.9 Å². The second-order valence-electron chi connectivity index (χ2n) is 2.75. The Labute approximate surface area is 97.8 Å². The van der Waals surface area contributed by atoms with Crippen molar-refractivity contribution in [2.45, 2.75) is 0 Å². The van der Waals surface area contributed by atoms with Gasteiger partial charge in [-0.3, -0.25) is 4.90 Å². The molecule has 84 valence electrons. The molecule has 7 heteroatoms. The molecular weight excluding hydrogens is 286 g/mol. The van der Waals surface area contributed by atoms with E-state index in [9.17, 15) is 13.6 Å². The quantitative estimate of drug-likeness (QED) is 0.673. The Morgan fingerprint density at radius 3 is 2.69 bits per heavy atom. The number of amides is 1. The van der Waals surface area contributed by atoms with Crippen LogP contribution in [0.4, 0.5) is 19.3 Å². The summed E-state index contributed by atoms with van der Waals surface area (Å²) in [5.41, 5.74) is -0.499. The second kappa shape index (κ2) is 4.90.